The molecule has 0 bridgehead atoms. The van der Waals surface area contributed by atoms with Gasteiger partial charge in [0.2, 0.25) is 11.8 Å². The largest absolute Gasteiger partial charge is 0.382 e. The van der Waals surface area contributed by atoms with Gasteiger partial charge in [0.05, 0.1) is 17.6 Å². The quantitative estimate of drug-likeness (QED) is 0.776. The third-order valence-electron chi connectivity index (χ3n) is 6.37. The Kier molecular flexibility index (Phi) is 4.67. The lowest BCUT2D eigenvalue weighted by atomic mass is 9.87. The van der Waals surface area contributed by atoms with E-state index in [0.717, 1.165) is 19.3 Å². The van der Waals surface area contributed by atoms with Crippen LogP contribution in [0, 0.1) is 16.7 Å². The first kappa shape index (κ1) is 17.7. The molecule has 0 aromatic carbocycles. The van der Waals surface area contributed by atoms with E-state index in [4.69, 9.17) is 4.74 Å². The van der Waals surface area contributed by atoms with Gasteiger partial charge in [-0.15, -0.1) is 0 Å². The molecule has 3 fully saturated rings. The molecule has 2 amide bonds. The molecule has 3 rings (SSSR count). The maximum absolute atomic E-state index is 12.8. The normalized spacial score (nSPS) is 28.5. The summed E-state index contributed by atoms with van der Waals surface area (Å²) in [5.41, 5.74) is -0.126. The van der Waals surface area contributed by atoms with Crippen molar-refractivity contribution in [2.24, 2.45) is 16.7 Å². The average molecular weight is 336 g/mol. The maximum Gasteiger partial charge on any atom is 0.226 e. The zero-order valence-corrected chi connectivity index (χ0v) is 15.6. The van der Waals surface area contributed by atoms with E-state index in [1.165, 1.54) is 12.8 Å². The van der Waals surface area contributed by atoms with Gasteiger partial charge in [-0.1, -0.05) is 13.8 Å². The van der Waals surface area contributed by atoms with Crippen molar-refractivity contribution in [1.29, 1.82) is 0 Å². The summed E-state index contributed by atoms with van der Waals surface area (Å²) < 4.78 is 5.22. The van der Waals surface area contributed by atoms with Gasteiger partial charge in [0.25, 0.3) is 0 Å². The number of rotatable bonds is 7. The summed E-state index contributed by atoms with van der Waals surface area (Å²) in [6.45, 7) is 7.64. The predicted molar refractivity (Wildman–Crippen MR) is 92.4 cm³/mol. The number of hydrogen-bond donors (Lipinski definition) is 1. The zero-order chi connectivity index (χ0) is 17.5. The topological polar surface area (TPSA) is 58.6 Å². The van der Waals surface area contributed by atoms with Crippen molar-refractivity contribution in [3.63, 3.8) is 0 Å². The van der Waals surface area contributed by atoms with Crippen molar-refractivity contribution in [3.05, 3.63) is 0 Å². The Morgan fingerprint density at radius 2 is 1.96 bits per heavy atom. The third-order valence-corrected chi connectivity index (χ3v) is 6.37. The van der Waals surface area contributed by atoms with Crippen molar-refractivity contribution in [2.75, 3.05) is 20.2 Å². The molecule has 136 valence electrons. The SMILES string of the molecule is COC(C)CCC(=O)N1CC(NC(=O)C2(C3CC3)CC2)C(C)(C)C1. The summed E-state index contributed by atoms with van der Waals surface area (Å²) in [5.74, 6) is 1.03. The van der Waals surface area contributed by atoms with Crippen molar-refractivity contribution in [2.45, 2.75) is 71.4 Å². The lowest BCUT2D eigenvalue weighted by Gasteiger charge is -2.28. The highest BCUT2D eigenvalue weighted by molar-refractivity contribution is 5.86. The second kappa shape index (κ2) is 6.32. The van der Waals surface area contributed by atoms with Gasteiger partial charge in [0, 0.05) is 32.0 Å². The molecule has 2 saturated carbocycles. The van der Waals surface area contributed by atoms with E-state index in [1.54, 1.807) is 7.11 Å². The van der Waals surface area contributed by atoms with Crippen LogP contribution in [-0.4, -0.2) is 49.1 Å². The van der Waals surface area contributed by atoms with Gasteiger partial charge in [-0.2, -0.15) is 0 Å². The number of carbonyl (C=O) groups is 2. The van der Waals surface area contributed by atoms with Crippen LogP contribution < -0.4 is 5.32 Å². The van der Waals surface area contributed by atoms with Gasteiger partial charge in [-0.25, -0.2) is 0 Å². The van der Waals surface area contributed by atoms with Crippen molar-refractivity contribution in [1.82, 2.24) is 10.2 Å². The molecular formula is C19H32N2O3. The summed E-state index contributed by atoms with van der Waals surface area (Å²) in [7, 11) is 1.67. The Hall–Kier alpha value is -1.10. The van der Waals surface area contributed by atoms with E-state index in [9.17, 15) is 9.59 Å². The highest BCUT2D eigenvalue weighted by Crippen LogP contribution is 2.61. The van der Waals surface area contributed by atoms with Crippen LogP contribution >= 0.6 is 0 Å². The van der Waals surface area contributed by atoms with Crippen LogP contribution in [0.15, 0.2) is 0 Å². The first-order valence-electron chi connectivity index (χ1n) is 9.40. The number of ether oxygens (including phenoxy) is 1. The number of amides is 2. The lowest BCUT2D eigenvalue weighted by Crippen LogP contribution is -2.47. The van der Waals surface area contributed by atoms with Crippen LogP contribution in [0.2, 0.25) is 0 Å². The Morgan fingerprint density at radius 1 is 1.29 bits per heavy atom. The van der Waals surface area contributed by atoms with E-state index in [2.05, 4.69) is 19.2 Å². The van der Waals surface area contributed by atoms with Gasteiger partial charge in [0.15, 0.2) is 0 Å². The molecule has 3 aliphatic rings. The number of nitrogens with zero attached hydrogens (tertiary/aromatic N) is 1. The van der Waals surface area contributed by atoms with Crippen LogP contribution in [0.1, 0.15) is 59.3 Å². The predicted octanol–water partition coefficient (Wildman–Crippen LogP) is 2.34. The summed E-state index contributed by atoms with van der Waals surface area (Å²) in [4.78, 5) is 27.1. The summed E-state index contributed by atoms with van der Waals surface area (Å²) in [6, 6.07) is 0.0602. The number of nitrogens with one attached hydrogen (secondary N) is 1. The van der Waals surface area contributed by atoms with Crippen molar-refractivity contribution < 1.29 is 14.3 Å². The molecule has 2 unspecified atom stereocenters. The number of hydrogen-bond acceptors (Lipinski definition) is 3. The fraction of sp³-hybridized carbons (Fsp3) is 0.895. The highest BCUT2D eigenvalue weighted by atomic mass is 16.5. The van der Waals surface area contributed by atoms with Gasteiger partial charge < -0.3 is 15.0 Å². The van der Waals surface area contributed by atoms with Crippen LogP contribution in [0.5, 0.6) is 0 Å². The first-order valence-corrected chi connectivity index (χ1v) is 9.40. The standard InChI is InChI=1S/C19H32N2O3/c1-13(24-4)5-8-16(22)21-11-15(18(2,3)12-21)20-17(23)19(9-10-19)14-6-7-14/h13-15H,5-12H2,1-4H3,(H,20,23). The Bertz CT molecular complexity index is 509. The summed E-state index contributed by atoms with van der Waals surface area (Å²) >= 11 is 0. The van der Waals surface area contributed by atoms with E-state index >= 15 is 0 Å². The molecule has 5 nitrogen and oxygen atoms in total. The highest BCUT2D eigenvalue weighted by Gasteiger charge is 2.60. The molecule has 2 aliphatic carbocycles. The first-order chi connectivity index (χ1) is 11.3. The average Bonchev–Trinajstić information content (AvgIpc) is 3.41. The minimum absolute atomic E-state index is 0.0542. The molecule has 24 heavy (non-hydrogen) atoms. The molecule has 1 aliphatic heterocycles. The number of methoxy groups -OCH3 is 1. The van der Waals surface area contributed by atoms with Crippen LogP contribution in [0.4, 0.5) is 0 Å². The van der Waals surface area contributed by atoms with E-state index in [1.807, 2.05) is 11.8 Å². The third kappa shape index (κ3) is 3.46. The fourth-order valence-electron chi connectivity index (χ4n) is 4.06. The van der Waals surface area contributed by atoms with E-state index in [-0.39, 0.29) is 34.8 Å². The van der Waals surface area contributed by atoms with Gasteiger partial charge in [0.1, 0.15) is 0 Å². The molecule has 0 aromatic rings. The van der Waals surface area contributed by atoms with E-state index < -0.39 is 0 Å². The zero-order valence-electron chi connectivity index (χ0n) is 15.6. The molecule has 1 saturated heterocycles. The van der Waals surface area contributed by atoms with E-state index in [0.29, 0.717) is 25.4 Å². The molecule has 1 N–H and O–H groups in total. The minimum atomic E-state index is -0.0716. The Morgan fingerprint density at radius 3 is 2.50 bits per heavy atom. The van der Waals surface area contributed by atoms with Gasteiger partial charge >= 0.3 is 0 Å². The van der Waals surface area contributed by atoms with Crippen LogP contribution in [0.3, 0.4) is 0 Å². The second-order valence-electron chi connectivity index (χ2n) is 8.80. The smallest absolute Gasteiger partial charge is 0.226 e. The Balaban J connectivity index is 1.55. The molecular weight excluding hydrogens is 304 g/mol. The van der Waals surface area contributed by atoms with Gasteiger partial charge in [-0.3, -0.25) is 9.59 Å². The second-order valence-corrected chi connectivity index (χ2v) is 8.80. The monoisotopic (exact) mass is 336 g/mol. The lowest BCUT2D eigenvalue weighted by molar-refractivity contribution is -0.131. The van der Waals surface area contributed by atoms with Crippen molar-refractivity contribution >= 4 is 11.8 Å². The van der Waals surface area contributed by atoms with Crippen LogP contribution in [0.25, 0.3) is 0 Å². The van der Waals surface area contributed by atoms with Crippen molar-refractivity contribution in [3.8, 4) is 0 Å². The van der Waals surface area contributed by atoms with Gasteiger partial charge in [-0.05, 0) is 44.9 Å². The maximum atomic E-state index is 12.8. The molecule has 5 heteroatoms. The summed E-state index contributed by atoms with van der Waals surface area (Å²) in [5, 5.41) is 3.30. The number of likely N-dealkylation sites (tertiary alicyclic amines) is 1. The summed E-state index contributed by atoms with van der Waals surface area (Å²) in [6.07, 6.45) is 5.88. The molecule has 0 spiro atoms. The van der Waals surface area contributed by atoms with Crippen LogP contribution in [-0.2, 0) is 14.3 Å². The number of carbonyl (C=O) groups excluding carboxylic acids is 2. The molecule has 2 atom stereocenters. The molecule has 1 heterocycles. The molecule has 0 radical (unpaired) electrons. The molecule has 0 aromatic heterocycles. The minimum Gasteiger partial charge on any atom is -0.382 e. The Labute approximate surface area is 145 Å². The fourth-order valence-corrected chi connectivity index (χ4v) is 4.06.